The summed E-state index contributed by atoms with van der Waals surface area (Å²) < 4.78 is 0. The molecule has 0 heterocycles. The highest BCUT2D eigenvalue weighted by Crippen LogP contribution is 2.19. The van der Waals surface area contributed by atoms with Crippen molar-refractivity contribution in [2.45, 2.75) is 4.90 Å². The lowest BCUT2D eigenvalue weighted by Gasteiger charge is -2.04. The van der Waals surface area contributed by atoms with Crippen molar-refractivity contribution in [1.29, 1.82) is 0 Å². The number of hydrogen-bond donors (Lipinski definition) is 2. The van der Waals surface area contributed by atoms with Gasteiger partial charge in [-0.05, 0) is 48.2 Å². The summed E-state index contributed by atoms with van der Waals surface area (Å²) >= 11 is 1.62. The normalized spacial score (nSPS) is 10.5. The highest BCUT2D eigenvalue weighted by Gasteiger charge is 2.02. The molecule has 0 fully saturated rings. The van der Waals surface area contributed by atoms with Crippen molar-refractivity contribution in [1.82, 2.24) is 5.32 Å². The number of rotatable bonds is 5. The van der Waals surface area contributed by atoms with Gasteiger partial charge in [0.25, 0.3) is 5.91 Å². The molecule has 2 N–H and O–H groups in total. The Hall–Kier alpha value is -2.53. The molecule has 0 aliphatic carbocycles. The highest BCUT2D eigenvalue weighted by atomic mass is 32.2. The lowest BCUT2D eigenvalue weighted by Crippen LogP contribution is -2.17. The van der Waals surface area contributed by atoms with Crippen LogP contribution >= 0.6 is 11.8 Å². The molecule has 2 aromatic carbocycles. The molecule has 2 aromatic rings. The van der Waals surface area contributed by atoms with Crippen molar-refractivity contribution in [2.24, 2.45) is 0 Å². The van der Waals surface area contributed by atoms with Crippen molar-refractivity contribution in [3.05, 3.63) is 65.7 Å². The van der Waals surface area contributed by atoms with Crippen molar-refractivity contribution in [2.75, 3.05) is 18.6 Å². The fourth-order valence-corrected chi connectivity index (χ4v) is 2.41. The van der Waals surface area contributed by atoms with Gasteiger partial charge in [-0.25, -0.2) is 0 Å². The zero-order valence-electron chi connectivity index (χ0n) is 13.0. The highest BCUT2D eigenvalue weighted by molar-refractivity contribution is 7.98. The van der Waals surface area contributed by atoms with Gasteiger partial charge in [-0.2, -0.15) is 0 Å². The summed E-state index contributed by atoms with van der Waals surface area (Å²) in [6, 6.07) is 14.7. The van der Waals surface area contributed by atoms with Crippen molar-refractivity contribution >= 4 is 35.3 Å². The van der Waals surface area contributed by atoms with E-state index in [1.54, 1.807) is 49.2 Å². The zero-order valence-corrected chi connectivity index (χ0v) is 13.8. The predicted octanol–water partition coefficient (Wildman–Crippen LogP) is 3.42. The van der Waals surface area contributed by atoms with Crippen LogP contribution in [0.1, 0.15) is 15.9 Å². The van der Waals surface area contributed by atoms with E-state index in [-0.39, 0.29) is 11.8 Å². The fourth-order valence-electron chi connectivity index (χ4n) is 1.95. The predicted molar refractivity (Wildman–Crippen MR) is 95.7 cm³/mol. The van der Waals surface area contributed by atoms with Gasteiger partial charge in [-0.1, -0.05) is 18.2 Å². The SMILES string of the molecule is CNC(=O)c1ccc(/C=C/C(=O)Nc2cccc(SC)c2)cc1. The van der Waals surface area contributed by atoms with Crippen LogP contribution in [-0.2, 0) is 4.79 Å². The van der Waals surface area contributed by atoms with Crippen LogP contribution in [0.2, 0.25) is 0 Å². The third-order valence-corrected chi connectivity index (χ3v) is 3.89. The number of thioether (sulfide) groups is 1. The van der Waals surface area contributed by atoms with Crippen molar-refractivity contribution in [3.8, 4) is 0 Å². The summed E-state index contributed by atoms with van der Waals surface area (Å²) in [7, 11) is 1.59. The van der Waals surface area contributed by atoms with Gasteiger partial charge in [0.15, 0.2) is 0 Å². The molecule has 0 unspecified atom stereocenters. The van der Waals surface area contributed by atoms with E-state index in [9.17, 15) is 9.59 Å². The Bertz CT molecular complexity index is 724. The number of hydrogen-bond acceptors (Lipinski definition) is 3. The molecule has 0 aliphatic heterocycles. The van der Waals surface area contributed by atoms with Gasteiger partial charge < -0.3 is 10.6 Å². The molecule has 23 heavy (non-hydrogen) atoms. The van der Waals surface area contributed by atoms with Crippen LogP contribution in [-0.4, -0.2) is 25.1 Å². The minimum Gasteiger partial charge on any atom is -0.355 e. The second-order valence-corrected chi connectivity index (χ2v) is 5.64. The molecule has 0 radical (unpaired) electrons. The van der Waals surface area contributed by atoms with Gasteiger partial charge in [0.2, 0.25) is 5.91 Å². The maximum absolute atomic E-state index is 11.9. The zero-order chi connectivity index (χ0) is 16.7. The molecule has 118 valence electrons. The molecule has 0 bridgehead atoms. The summed E-state index contributed by atoms with van der Waals surface area (Å²) in [5, 5.41) is 5.39. The van der Waals surface area contributed by atoms with Crippen LogP contribution in [0.5, 0.6) is 0 Å². The molecule has 0 aliphatic rings. The third-order valence-electron chi connectivity index (χ3n) is 3.16. The lowest BCUT2D eigenvalue weighted by atomic mass is 10.1. The first-order valence-corrected chi connectivity index (χ1v) is 8.30. The van der Waals surface area contributed by atoms with E-state index in [2.05, 4.69) is 10.6 Å². The first-order chi connectivity index (χ1) is 11.1. The molecular weight excluding hydrogens is 308 g/mol. The maximum Gasteiger partial charge on any atom is 0.251 e. The van der Waals surface area contributed by atoms with Crippen molar-refractivity contribution < 1.29 is 9.59 Å². The smallest absolute Gasteiger partial charge is 0.251 e. The monoisotopic (exact) mass is 326 g/mol. The summed E-state index contributed by atoms with van der Waals surface area (Å²) in [4.78, 5) is 24.5. The van der Waals surface area contributed by atoms with Gasteiger partial charge in [0, 0.05) is 29.3 Å². The third kappa shape index (κ3) is 5.00. The molecule has 2 amide bonds. The summed E-state index contributed by atoms with van der Waals surface area (Å²) in [5.74, 6) is -0.328. The van der Waals surface area contributed by atoms with Gasteiger partial charge in [0.05, 0.1) is 0 Å². The Morgan fingerprint density at radius 3 is 2.48 bits per heavy atom. The minimum absolute atomic E-state index is 0.132. The van der Waals surface area contributed by atoms with Crippen molar-refractivity contribution in [3.63, 3.8) is 0 Å². The average molecular weight is 326 g/mol. The van der Waals surface area contributed by atoms with E-state index in [0.29, 0.717) is 5.56 Å². The van der Waals surface area contributed by atoms with Crippen LogP contribution in [0.3, 0.4) is 0 Å². The van der Waals surface area contributed by atoms with Gasteiger partial charge in [0.1, 0.15) is 0 Å². The van der Waals surface area contributed by atoms with E-state index >= 15 is 0 Å². The van der Waals surface area contributed by atoms with E-state index in [0.717, 1.165) is 16.1 Å². The number of carbonyl (C=O) groups excluding carboxylic acids is 2. The van der Waals surface area contributed by atoms with Gasteiger partial charge in [-0.3, -0.25) is 9.59 Å². The molecule has 5 heteroatoms. The van der Waals surface area contributed by atoms with Crippen LogP contribution in [0.4, 0.5) is 5.69 Å². The molecule has 0 saturated carbocycles. The second kappa shape index (κ2) is 8.19. The second-order valence-electron chi connectivity index (χ2n) is 4.76. The molecule has 0 saturated heterocycles. The van der Waals surface area contributed by atoms with Gasteiger partial charge in [-0.15, -0.1) is 11.8 Å². The number of amides is 2. The summed E-state index contributed by atoms with van der Waals surface area (Å²) in [6.45, 7) is 0. The Morgan fingerprint density at radius 1 is 1.09 bits per heavy atom. The van der Waals surface area contributed by atoms with Crippen LogP contribution in [0.15, 0.2) is 59.5 Å². The number of benzene rings is 2. The number of carbonyl (C=O) groups is 2. The van der Waals surface area contributed by atoms with E-state index in [1.807, 2.05) is 30.5 Å². The van der Waals surface area contributed by atoms with E-state index in [4.69, 9.17) is 0 Å². The molecular formula is C18H18N2O2S. The standard InChI is InChI=1S/C18H18N2O2S/c1-19-18(22)14-9-6-13(7-10-14)8-11-17(21)20-15-4-3-5-16(12-15)23-2/h3-12H,1-2H3,(H,19,22)(H,20,21)/b11-8+. The Labute approximate surface area is 140 Å². The first kappa shape index (κ1) is 16.8. The summed E-state index contributed by atoms with van der Waals surface area (Å²) in [6.07, 6.45) is 5.17. The Balaban J connectivity index is 1.99. The van der Waals surface area contributed by atoms with Crippen LogP contribution in [0.25, 0.3) is 6.08 Å². The van der Waals surface area contributed by atoms with E-state index < -0.39 is 0 Å². The molecule has 4 nitrogen and oxygen atoms in total. The average Bonchev–Trinajstić information content (AvgIpc) is 2.60. The molecule has 0 spiro atoms. The topological polar surface area (TPSA) is 58.2 Å². The number of anilines is 1. The minimum atomic E-state index is -0.196. The quantitative estimate of drug-likeness (QED) is 0.654. The van der Waals surface area contributed by atoms with Gasteiger partial charge >= 0.3 is 0 Å². The largest absolute Gasteiger partial charge is 0.355 e. The van der Waals surface area contributed by atoms with Crippen LogP contribution in [0, 0.1) is 0 Å². The number of nitrogens with one attached hydrogen (secondary N) is 2. The molecule has 0 atom stereocenters. The molecule has 2 rings (SSSR count). The summed E-state index contributed by atoms with van der Waals surface area (Å²) in [5.41, 5.74) is 2.20. The fraction of sp³-hybridized carbons (Fsp3) is 0.111. The van der Waals surface area contributed by atoms with Crippen LogP contribution < -0.4 is 10.6 Å². The first-order valence-electron chi connectivity index (χ1n) is 7.07. The Morgan fingerprint density at radius 2 is 1.83 bits per heavy atom. The van der Waals surface area contributed by atoms with E-state index in [1.165, 1.54) is 6.08 Å². The Kier molecular flexibility index (Phi) is 6.00. The molecule has 0 aromatic heterocycles. The lowest BCUT2D eigenvalue weighted by molar-refractivity contribution is -0.111. The maximum atomic E-state index is 11.9.